The van der Waals surface area contributed by atoms with E-state index in [-0.39, 0.29) is 5.91 Å². The minimum atomic E-state index is -0.156. The number of hydrogen-bond donors (Lipinski definition) is 1. The summed E-state index contributed by atoms with van der Waals surface area (Å²) in [4.78, 5) is 24.9. The molecule has 0 aliphatic heterocycles. The van der Waals surface area contributed by atoms with Crippen molar-refractivity contribution in [1.82, 2.24) is 20.3 Å². The number of pyridine rings is 1. The molecule has 0 atom stereocenters. The summed E-state index contributed by atoms with van der Waals surface area (Å²) in [6, 6.07) is 3.65. The third kappa shape index (κ3) is 3.05. The minimum absolute atomic E-state index is 0.156. The molecule has 3 rings (SSSR count). The quantitative estimate of drug-likeness (QED) is 0.929. The van der Waals surface area contributed by atoms with Crippen LogP contribution < -0.4 is 10.1 Å². The number of carbonyl (C=O) groups excluding carboxylic acids is 1. The topological polar surface area (TPSA) is 77.0 Å². The summed E-state index contributed by atoms with van der Waals surface area (Å²) < 4.78 is 5.01. The average Bonchev–Trinajstić information content (AvgIpc) is 2.59. The first kappa shape index (κ1) is 14.4. The Kier molecular flexibility index (Phi) is 4.27. The standard InChI is InChI=1S/C16H18N4O2/c1-22-14-7-6-11(8-17-14)9-18-16(21)15-12-4-2-3-5-13(12)19-10-20-15/h6-8,10H,2-5,9H2,1H3,(H,18,21). The SMILES string of the molecule is COc1ccc(CNC(=O)c2ncnc3c2CCCC3)cn1. The summed E-state index contributed by atoms with van der Waals surface area (Å²) in [5, 5.41) is 2.89. The van der Waals surface area contributed by atoms with E-state index in [0.29, 0.717) is 18.1 Å². The number of ether oxygens (including phenoxy) is 1. The summed E-state index contributed by atoms with van der Waals surface area (Å²) in [5.74, 6) is 0.399. The predicted octanol–water partition coefficient (Wildman–Crippen LogP) is 1.69. The van der Waals surface area contributed by atoms with Gasteiger partial charge < -0.3 is 10.1 Å². The van der Waals surface area contributed by atoms with Crippen molar-refractivity contribution in [3.05, 3.63) is 47.2 Å². The minimum Gasteiger partial charge on any atom is -0.481 e. The van der Waals surface area contributed by atoms with Crippen LogP contribution in [0.15, 0.2) is 24.7 Å². The fourth-order valence-corrected chi connectivity index (χ4v) is 2.62. The van der Waals surface area contributed by atoms with Crippen molar-refractivity contribution in [2.75, 3.05) is 7.11 Å². The van der Waals surface area contributed by atoms with Crippen molar-refractivity contribution in [3.8, 4) is 5.88 Å². The van der Waals surface area contributed by atoms with Crippen molar-refractivity contribution in [3.63, 3.8) is 0 Å². The lowest BCUT2D eigenvalue weighted by atomic mass is 9.94. The van der Waals surface area contributed by atoms with Crippen LogP contribution in [0.3, 0.4) is 0 Å². The molecule has 0 fully saturated rings. The first-order valence-corrected chi connectivity index (χ1v) is 7.38. The highest BCUT2D eigenvalue weighted by Gasteiger charge is 2.19. The normalized spacial score (nSPS) is 13.3. The fraction of sp³-hybridized carbons (Fsp3) is 0.375. The monoisotopic (exact) mass is 298 g/mol. The molecule has 1 amide bonds. The molecule has 0 saturated carbocycles. The van der Waals surface area contributed by atoms with Gasteiger partial charge in [0.25, 0.3) is 5.91 Å². The van der Waals surface area contributed by atoms with Gasteiger partial charge in [0, 0.05) is 30.1 Å². The zero-order valence-electron chi connectivity index (χ0n) is 12.5. The largest absolute Gasteiger partial charge is 0.481 e. The number of carbonyl (C=O) groups is 1. The lowest BCUT2D eigenvalue weighted by Gasteiger charge is -2.16. The number of nitrogens with one attached hydrogen (secondary N) is 1. The molecule has 0 saturated heterocycles. The van der Waals surface area contributed by atoms with E-state index in [1.807, 2.05) is 6.07 Å². The molecular formula is C16H18N4O2. The number of amides is 1. The third-order valence-corrected chi connectivity index (χ3v) is 3.80. The van der Waals surface area contributed by atoms with Gasteiger partial charge in [0.2, 0.25) is 5.88 Å². The van der Waals surface area contributed by atoms with Crippen LogP contribution in [0, 0.1) is 0 Å². The molecule has 0 spiro atoms. The van der Waals surface area contributed by atoms with E-state index in [9.17, 15) is 4.79 Å². The Morgan fingerprint density at radius 3 is 2.86 bits per heavy atom. The van der Waals surface area contributed by atoms with Crippen LogP contribution in [0.4, 0.5) is 0 Å². The van der Waals surface area contributed by atoms with Crippen molar-refractivity contribution in [1.29, 1.82) is 0 Å². The highest BCUT2D eigenvalue weighted by atomic mass is 16.5. The second kappa shape index (κ2) is 6.51. The number of hydrogen-bond acceptors (Lipinski definition) is 5. The molecule has 2 heterocycles. The van der Waals surface area contributed by atoms with Gasteiger partial charge in [-0.2, -0.15) is 0 Å². The van der Waals surface area contributed by atoms with Crippen LogP contribution >= 0.6 is 0 Å². The van der Waals surface area contributed by atoms with E-state index in [0.717, 1.165) is 42.5 Å². The van der Waals surface area contributed by atoms with Gasteiger partial charge in [-0.1, -0.05) is 6.07 Å². The highest BCUT2D eigenvalue weighted by Crippen LogP contribution is 2.21. The van der Waals surface area contributed by atoms with Crippen molar-refractivity contribution in [2.24, 2.45) is 0 Å². The maximum absolute atomic E-state index is 12.4. The number of aryl methyl sites for hydroxylation is 1. The summed E-state index contributed by atoms with van der Waals surface area (Å²) in [6.45, 7) is 0.411. The molecule has 0 radical (unpaired) electrons. The van der Waals surface area contributed by atoms with E-state index in [1.165, 1.54) is 6.33 Å². The second-order valence-corrected chi connectivity index (χ2v) is 5.25. The molecule has 2 aromatic heterocycles. The van der Waals surface area contributed by atoms with Gasteiger partial charge in [-0.15, -0.1) is 0 Å². The number of fused-ring (bicyclic) bond motifs is 1. The molecule has 22 heavy (non-hydrogen) atoms. The number of nitrogens with zero attached hydrogens (tertiary/aromatic N) is 3. The van der Waals surface area contributed by atoms with Crippen LogP contribution in [0.1, 0.15) is 40.2 Å². The Balaban J connectivity index is 1.69. The number of aromatic nitrogens is 3. The van der Waals surface area contributed by atoms with Crippen LogP contribution in [-0.2, 0) is 19.4 Å². The van der Waals surface area contributed by atoms with E-state index >= 15 is 0 Å². The molecule has 6 nitrogen and oxygen atoms in total. The van der Waals surface area contributed by atoms with Gasteiger partial charge in [-0.25, -0.2) is 15.0 Å². The molecule has 1 N–H and O–H groups in total. The molecule has 2 aromatic rings. The molecule has 0 bridgehead atoms. The molecule has 0 unspecified atom stereocenters. The van der Waals surface area contributed by atoms with Crippen LogP contribution in [0.5, 0.6) is 5.88 Å². The average molecular weight is 298 g/mol. The van der Waals surface area contributed by atoms with Gasteiger partial charge in [0.1, 0.15) is 12.0 Å². The van der Waals surface area contributed by atoms with E-state index in [2.05, 4.69) is 20.3 Å². The van der Waals surface area contributed by atoms with E-state index < -0.39 is 0 Å². The lowest BCUT2D eigenvalue weighted by molar-refractivity contribution is 0.0944. The first-order valence-electron chi connectivity index (χ1n) is 7.38. The summed E-state index contributed by atoms with van der Waals surface area (Å²) >= 11 is 0. The molecule has 6 heteroatoms. The molecule has 114 valence electrons. The van der Waals surface area contributed by atoms with E-state index in [1.54, 1.807) is 19.4 Å². The molecule has 1 aliphatic rings. The Morgan fingerprint density at radius 2 is 2.09 bits per heavy atom. The zero-order chi connectivity index (χ0) is 15.4. The Morgan fingerprint density at radius 1 is 1.23 bits per heavy atom. The van der Waals surface area contributed by atoms with Crippen molar-refractivity contribution < 1.29 is 9.53 Å². The Hall–Kier alpha value is -2.50. The van der Waals surface area contributed by atoms with Crippen molar-refractivity contribution in [2.45, 2.75) is 32.2 Å². The maximum Gasteiger partial charge on any atom is 0.270 e. The fourth-order valence-electron chi connectivity index (χ4n) is 2.62. The summed E-state index contributed by atoms with van der Waals surface area (Å²) in [5.41, 5.74) is 3.43. The smallest absolute Gasteiger partial charge is 0.270 e. The van der Waals surface area contributed by atoms with Gasteiger partial charge in [-0.05, 0) is 31.2 Å². The maximum atomic E-state index is 12.4. The van der Waals surface area contributed by atoms with Gasteiger partial charge in [0.05, 0.1) is 7.11 Å². The summed E-state index contributed by atoms with van der Waals surface area (Å²) in [6.07, 6.45) is 7.19. The van der Waals surface area contributed by atoms with Crippen LogP contribution in [-0.4, -0.2) is 28.0 Å². The number of methoxy groups -OCH3 is 1. The van der Waals surface area contributed by atoms with Crippen LogP contribution in [0.2, 0.25) is 0 Å². The molecule has 1 aliphatic carbocycles. The predicted molar refractivity (Wildman–Crippen MR) is 80.6 cm³/mol. The summed E-state index contributed by atoms with van der Waals surface area (Å²) in [7, 11) is 1.57. The van der Waals surface area contributed by atoms with Gasteiger partial charge in [0.15, 0.2) is 0 Å². The second-order valence-electron chi connectivity index (χ2n) is 5.25. The Labute approximate surface area is 129 Å². The lowest BCUT2D eigenvalue weighted by Crippen LogP contribution is -2.26. The van der Waals surface area contributed by atoms with E-state index in [4.69, 9.17) is 4.74 Å². The van der Waals surface area contributed by atoms with Crippen LogP contribution in [0.25, 0.3) is 0 Å². The molecular weight excluding hydrogens is 280 g/mol. The number of rotatable bonds is 4. The van der Waals surface area contributed by atoms with Crippen molar-refractivity contribution >= 4 is 5.91 Å². The first-order chi connectivity index (χ1) is 10.8. The molecule has 0 aromatic carbocycles. The highest BCUT2D eigenvalue weighted by molar-refractivity contribution is 5.93. The zero-order valence-corrected chi connectivity index (χ0v) is 12.5. The third-order valence-electron chi connectivity index (χ3n) is 3.80. The van der Waals surface area contributed by atoms with Gasteiger partial charge in [-0.3, -0.25) is 4.79 Å². The van der Waals surface area contributed by atoms with Gasteiger partial charge >= 0.3 is 0 Å². The Bertz CT molecular complexity index is 670.